The van der Waals surface area contributed by atoms with Crippen LogP contribution in [-0.2, 0) is 22.6 Å². The molecular formula is C33H42IN3O5. The third-order valence-electron chi connectivity index (χ3n) is 7.18. The number of anilines is 2. The fourth-order valence-electron chi connectivity index (χ4n) is 5.04. The molecule has 2 amide bonds. The Bertz CT molecular complexity index is 1330. The summed E-state index contributed by atoms with van der Waals surface area (Å²) < 4.78 is 13.9. The molecule has 0 aromatic heterocycles. The smallest absolute Gasteiger partial charge is 0.0718 e. The fourth-order valence-corrected chi connectivity index (χ4v) is 7.57. The molecule has 0 bridgehead atoms. The van der Waals surface area contributed by atoms with Crippen molar-refractivity contribution in [3.63, 3.8) is 0 Å². The van der Waals surface area contributed by atoms with E-state index in [2.05, 4.69) is 23.6 Å². The maximum Gasteiger partial charge on any atom is 0.0718 e. The molecule has 3 aromatic carbocycles. The number of hydrogen-bond acceptors (Lipinski definition) is 6. The average molecular weight is 688 g/mol. The number of alkyl halides is 2. The average Bonchev–Trinajstić information content (AvgIpc) is 2.98. The minimum Gasteiger partial charge on any atom is -0.392 e. The zero-order valence-electron chi connectivity index (χ0n) is 24.7. The Morgan fingerprint density at radius 1 is 1.05 bits per heavy atom. The fraction of sp³-hybridized carbons (Fsp3) is 0.394. The predicted molar refractivity (Wildman–Crippen MR) is 178 cm³/mol. The van der Waals surface area contributed by atoms with Gasteiger partial charge in [-0.3, -0.25) is 4.79 Å². The number of ether oxygens (including phenoxy) is 2. The minimum atomic E-state index is -1.10. The van der Waals surface area contributed by atoms with Gasteiger partial charge in [-0.25, -0.2) is 0 Å². The van der Waals surface area contributed by atoms with Crippen LogP contribution in [0.4, 0.5) is 16.2 Å². The summed E-state index contributed by atoms with van der Waals surface area (Å²) in [5.74, 6) is 0.473. The van der Waals surface area contributed by atoms with E-state index in [0.29, 0.717) is 48.6 Å². The molecule has 1 heterocycles. The molecule has 8 nitrogen and oxygen atoms in total. The number of carbonyl (C=O) groups is 2. The molecule has 0 saturated carbocycles. The van der Waals surface area contributed by atoms with Crippen molar-refractivity contribution in [3.05, 3.63) is 77.9 Å². The van der Waals surface area contributed by atoms with Crippen LogP contribution < -0.4 is 15.4 Å². The maximum absolute atomic E-state index is 13.0. The van der Waals surface area contributed by atoms with Gasteiger partial charge < -0.3 is 15.2 Å². The number of hydrogen-bond donors (Lipinski definition) is 3. The van der Waals surface area contributed by atoms with Crippen molar-refractivity contribution in [1.82, 2.24) is 3.11 Å². The van der Waals surface area contributed by atoms with Crippen LogP contribution in [0.3, 0.4) is 0 Å². The van der Waals surface area contributed by atoms with Gasteiger partial charge in [0.2, 0.25) is 5.91 Å². The zero-order valence-corrected chi connectivity index (χ0v) is 26.9. The van der Waals surface area contributed by atoms with Crippen molar-refractivity contribution in [2.45, 2.75) is 51.7 Å². The van der Waals surface area contributed by atoms with Gasteiger partial charge in [-0.05, 0) is 13.0 Å². The summed E-state index contributed by atoms with van der Waals surface area (Å²) in [4.78, 5) is 30.3. The molecular weight excluding hydrogens is 645 g/mol. The van der Waals surface area contributed by atoms with Gasteiger partial charge in [-0.2, -0.15) is 0 Å². The van der Waals surface area contributed by atoms with Crippen LogP contribution in [0.1, 0.15) is 43.7 Å². The number of nitrogens with one attached hydrogen (secondary N) is 2. The van der Waals surface area contributed by atoms with Crippen molar-refractivity contribution in [2.75, 3.05) is 40.2 Å². The second-order valence-electron chi connectivity index (χ2n) is 10.4. The van der Waals surface area contributed by atoms with E-state index >= 15 is 0 Å². The number of carbonyl (C=O) groups excluding carboxylic acids is 2. The summed E-state index contributed by atoms with van der Waals surface area (Å²) in [5, 5.41) is 15.4. The molecule has 4 rings (SSSR count). The molecule has 1 fully saturated rings. The Kier molecular flexibility index (Phi) is 12.0. The van der Waals surface area contributed by atoms with Crippen molar-refractivity contribution in [2.24, 2.45) is 0 Å². The number of aliphatic hydroxyl groups excluding tert-OH is 1. The van der Waals surface area contributed by atoms with E-state index in [0.717, 1.165) is 42.6 Å². The van der Waals surface area contributed by atoms with Crippen LogP contribution in [0.25, 0.3) is 11.1 Å². The second-order valence-corrected chi connectivity index (χ2v) is 15.9. The van der Waals surface area contributed by atoms with Crippen molar-refractivity contribution < 1.29 is 24.2 Å². The summed E-state index contributed by atoms with van der Waals surface area (Å²) in [6.07, 6.45) is 3.08. The third-order valence-corrected chi connectivity index (χ3v) is 10.8. The van der Waals surface area contributed by atoms with E-state index in [1.807, 2.05) is 55.5 Å². The summed E-state index contributed by atoms with van der Waals surface area (Å²) in [6, 6.07) is 21.3. The first-order valence-corrected chi connectivity index (χ1v) is 19.7. The number of aliphatic hydroxyl groups is 1. The van der Waals surface area contributed by atoms with E-state index in [9.17, 15) is 14.7 Å². The number of nitrogens with zero attached hydrogens (tertiary/aromatic N) is 1. The van der Waals surface area contributed by atoms with E-state index < -0.39 is 26.2 Å². The van der Waals surface area contributed by atoms with Gasteiger partial charge in [-0.15, -0.1) is 0 Å². The Morgan fingerprint density at radius 2 is 1.86 bits per heavy atom. The SMILES string of the molecule is CCOc1cc(NC(=O)CCCc2ccc(-c3ccccc3)c(NC(=O)OC3CCCN(I(C)C)C3)c2)ccc1CO. The van der Waals surface area contributed by atoms with E-state index in [4.69, 9.17) is 9.47 Å². The van der Waals surface area contributed by atoms with Gasteiger partial charge in [0.1, 0.15) is 5.75 Å². The molecule has 1 saturated heterocycles. The van der Waals surface area contributed by atoms with Crippen LogP contribution in [0.5, 0.6) is 5.75 Å². The summed E-state index contributed by atoms with van der Waals surface area (Å²) in [6.45, 7) is 4.14. The molecule has 0 spiro atoms. The molecule has 1 atom stereocenters. The van der Waals surface area contributed by atoms with Gasteiger partial charge in [0, 0.05) is 17.3 Å². The van der Waals surface area contributed by atoms with Crippen molar-refractivity contribution in [3.8, 4) is 16.9 Å². The number of piperidine rings is 1. The minimum absolute atomic E-state index is 0.0928. The first kappa shape index (κ1) is 31.8. The molecule has 42 heavy (non-hydrogen) atoms. The second kappa shape index (κ2) is 15.9. The van der Waals surface area contributed by atoms with Crippen LogP contribution >= 0.6 is 20.1 Å². The number of amides is 2. The van der Waals surface area contributed by atoms with Crippen LogP contribution in [-0.4, -0.2) is 55.9 Å². The monoisotopic (exact) mass is 687 g/mol. The van der Waals surface area contributed by atoms with Crippen LogP contribution in [0.2, 0.25) is 0 Å². The quantitative estimate of drug-likeness (QED) is 0.109. The van der Waals surface area contributed by atoms with Gasteiger partial charge in [0.25, 0.3) is 0 Å². The van der Waals surface area contributed by atoms with Gasteiger partial charge >= 0.3 is 176 Å². The Balaban J connectivity index is 1.38. The Labute approximate surface area is 256 Å². The topological polar surface area (TPSA) is 100 Å². The summed E-state index contributed by atoms with van der Waals surface area (Å²) in [7, 11) is 0. The predicted octanol–water partition coefficient (Wildman–Crippen LogP) is 6.90. The molecule has 226 valence electrons. The molecule has 0 radical (unpaired) electrons. The van der Waals surface area contributed by atoms with E-state index in [1.54, 1.807) is 18.2 Å². The number of benzene rings is 3. The molecule has 9 heteroatoms. The van der Waals surface area contributed by atoms with Crippen molar-refractivity contribution >= 4 is 43.5 Å². The zero-order chi connectivity index (χ0) is 29.9. The maximum atomic E-state index is 13.0. The molecule has 3 aromatic rings. The number of rotatable bonds is 12. The summed E-state index contributed by atoms with van der Waals surface area (Å²) in [5.41, 5.74) is 4.97. The molecule has 1 aliphatic rings. The number of aryl methyl sites for hydroxylation is 1. The summed E-state index contributed by atoms with van der Waals surface area (Å²) >= 11 is -1.10. The van der Waals surface area contributed by atoms with Crippen LogP contribution in [0, 0.1) is 0 Å². The van der Waals surface area contributed by atoms with Gasteiger partial charge in [0.05, 0.1) is 13.2 Å². The van der Waals surface area contributed by atoms with Crippen LogP contribution in [0.15, 0.2) is 66.7 Å². The molecule has 0 aliphatic carbocycles. The number of halogens is 1. The van der Waals surface area contributed by atoms with E-state index in [-0.39, 0.29) is 18.6 Å². The first-order chi connectivity index (χ1) is 20.4. The molecule has 3 N–H and O–H groups in total. The van der Waals surface area contributed by atoms with Gasteiger partial charge in [0.15, 0.2) is 0 Å². The third kappa shape index (κ3) is 9.17. The molecule has 1 aliphatic heterocycles. The van der Waals surface area contributed by atoms with E-state index in [1.165, 1.54) is 0 Å². The van der Waals surface area contributed by atoms with Gasteiger partial charge in [-0.1, -0.05) is 6.07 Å². The van der Waals surface area contributed by atoms with Crippen molar-refractivity contribution in [1.29, 1.82) is 0 Å². The Hall–Kier alpha value is -3.15. The standard InChI is InChI=1S/C33H42IN3O5/c1-4-41-31-21-27(17-16-26(31)23-38)35-32(39)14-8-10-24-15-18-29(25-11-6-5-7-12-25)30(20-24)36-33(40)42-28-13-9-19-37(22-28)34(2)3/h5-7,11-12,15-18,20-21,28,38H,4,8-10,13-14,19,22-23H2,1-3H3,(H,35,39)(H,36,40). The molecule has 1 unspecified atom stereocenters. The largest absolute Gasteiger partial charge is 0.392 e. The normalized spacial score (nSPS) is 15.5. The first-order valence-electron chi connectivity index (χ1n) is 14.4. The Morgan fingerprint density at radius 3 is 2.60 bits per heavy atom.